The summed E-state index contributed by atoms with van der Waals surface area (Å²) in [5.41, 5.74) is 2.87. The Bertz CT molecular complexity index is 1150. The van der Waals surface area contributed by atoms with Gasteiger partial charge in [0.25, 0.3) is 0 Å². The van der Waals surface area contributed by atoms with Gasteiger partial charge in [-0.25, -0.2) is 9.97 Å². The van der Waals surface area contributed by atoms with E-state index in [4.69, 9.17) is 9.47 Å². The fraction of sp³-hybridized carbons (Fsp3) is 0.433. The van der Waals surface area contributed by atoms with Gasteiger partial charge in [-0.15, -0.1) is 0 Å². The third-order valence-electron chi connectivity index (χ3n) is 6.25. The molecule has 3 N–H and O–H groups in total. The lowest BCUT2D eigenvalue weighted by molar-refractivity contribution is 0.0904. The zero-order chi connectivity index (χ0) is 28.7. The summed E-state index contributed by atoms with van der Waals surface area (Å²) < 4.78 is 11.4. The Morgan fingerprint density at radius 1 is 1.23 bits per heavy atom. The van der Waals surface area contributed by atoms with Crippen LogP contribution in [0.2, 0.25) is 0 Å². The summed E-state index contributed by atoms with van der Waals surface area (Å²) in [4.78, 5) is 24.6. The van der Waals surface area contributed by atoms with Crippen LogP contribution in [0.15, 0.2) is 67.2 Å². The van der Waals surface area contributed by atoms with Gasteiger partial charge in [0.1, 0.15) is 17.3 Å². The predicted molar refractivity (Wildman–Crippen MR) is 161 cm³/mol. The molecule has 40 heavy (non-hydrogen) atoms. The van der Waals surface area contributed by atoms with Crippen molar-refractivity contribution >= 4 is 23.6 Å². The molecule has 1 aliphatic rings. The minimum absolute atomic E-state index is 0.244. The molecule has 0 atom stereocenters. The Morgan fingerprint density at radius 3 is 2.77 bits per heavy atom. The molecular weight excluding hydrogens is 506 g/mol. The van der Waals surface area contributed by atoms with Crippen molar-refractivity contribution < 1.29 is 14.3 Å². The van der Waals surface area contributed by atoms with Crippen LogP contribution in [-0.2, 0) is 4.74 Å². The number of hydrogen-bond donors (Lipinski definition) is 3. The monoisotopic (exact) mass is 549 g/mol. The minimum Gasteiger partial charge on any atom is -0.493 e. The predicted octanol–water partition coefficient (Wildman–Crippen LogP) is 4.06. The van der Waals surface area contributed by atoms with E-state index in [2.05, 4.69) is 55.0 Å². The van der Waals surface area contributed by atoms with E-state index in [0.717, 1.165) is 68.4 Å². The van der Waals surface area contributed by atoms with Crippen LogP contribution in [-0.4, -0.2) is 92.7 Å². The lowest BCUT2D eigenvalue weighted by atomic mass is 10.1. The number of rotatable bonds is 17. The molecule has 0 saturated carbocycles. The molecular formula is C30H43N7O3. The van der Waals surface area contributed by atoms with E-state index >= 15 is 0 Å². The van der Waals surface area contributed by atoms with Crippen molar-refractivity contribution in [2.75, 3.05) is 71.2 Å². The van der Waals surface area contributed by atoms with Gasteiger partial charge >= 0.3 is 0 Å². The molecule has 10 heteroatoms. The Morgan fingerprint density at radius 2 is 2.02 bits per heavy atom. The topological polar surface area (TPSA) is 104 Å². The summed E-state index contributed by atoms with van der Waals surface area (Å²) in [6.07, 6.45) is 9.03. The van der Waals surface area contributed by atoms with Crippen LogP contribution in [0, 0.1) is 0 Å². The summed E-state index contributed by atoms with van der Waals surface area (Å²) in [5, 5.41) is 9.95. The molecule has 10 nitrogen and oxygen atoms in total. The second kappa shape index (κ2) is 16.3. The highest BCUT2D eigenvalue weighted by molar-refractivity contribution is 5.82. The standard InChI is InChI=1S/C30H43N7O3/c1-23(21-37(5)24(2)9-7-15-36(3)4)31-14-8-16-40-27-11-6-10-26(19-27)34-30-28(22-38)32-20-29(35-30)33-25-12-17-39-18-13-25/h6-7,9-11,19-20,22,25,31H,1-2,8,12-18,21H2,3-5H3,(H2,33,34,35)/b9-7+. The summed E-state index contributed by atoms with van der Waals surface area (Å²) in [5.74, 6) is 1.74. The second-order valence-corrected chi connectivity index (χ2v) is 10.0. The molecule has 0 aliphatic carbocycles. The molecule has 0 amide bonds. The Hall–Kier alpha value is -3.89. The molecule has 1 fully saturated rings. The van der Waals surface area contributed by atoms with Crippen molar-refractivity contribution in [3.05, 3.63) is 72.9 Å². The SMILES string of the molecule is C=C(CN(C)C(=C)/C=C/CN(C)C)NCCCOc1cccc(Nc2nc(NC3CCOCC3)cnc2C=O)c1. The summed E-state index contributed by atoms with van der Waals surface area (Å²) in [7, 11) is 6.07. The Labute approximate surface area is 238 Å². The molecule has 1 aliphatic heterocycles. The van der Waals surface area contributed by atoms with Crippen molar-refractivity contribution in [1.29, 1.82) is 0 Å². The van der Waals surface area contributed by atoms with E-state index in [1.54, 1.807) is 6.20 Å². The third-order valence-corrected chi connectivity index (χ3v) is 6.25. The molecule has 0 bridgehead atoms. The molecule has 0 spiro atoms. The first kappa shape index (κ1) is 30.6. The first-order valence-corrected chi connectivity index (χ1v) is 13.6. The smallest absolute Gasteiger partial charge is 0.172 e. The maximum Gasteiger partial charge on any atom is 0.172 e. The van der Waals surface area contributed by atoms with Crippen molar-refractivity contribution in [1.82, 2.24) is 25.1 Å². The van der Waals surface area contributed by atoms with Crippen LogP contribution in [0.5, 0.6) is 5.75 Å². The average molecular weight is 550 g/mol. The number of likely N-dealkylation sites (N-methyl/N-ethyl adjacent to an activating group) is 2. The normalized spacial score (nSPS) is 13.7. The Kier molecular flexibility index (Phi) is 12.5. The number of nitrogens with zero attached hydrogens (tertiary/aromatic N) is 4. The van der Waals surface area contributed by atoms with Crippen molar-refractivity contribution in [3.63, 3.8) is 0 Å². The van der Waals surface area contributed by atoms with Crippen LogP contribution in [0.25, 0.3) is 0 Å². The largest absolute Gasteiger partial charge is 0.493 e. The summed E-state index contributed by atoms with van der Waals surface area (Å²) >= 11 is 0. The van der Waals surface area contributed by atoms with Gasteiger partial charge in [0.2, 0.25) is 0 Å². The first-order chi connectivity index (χ1) is 19.3. The number of carbonyl (C=O) groups excluding carboxylic acids is 1. The van der Waals surface area contributed by atoms with Gasteiger partial charge in [-0.2, -0.15) is 0 Å². The average Bonchev–Trinajstić information content (AvgIpc) is 2.93. The quantitative estimate of drug-likeness (QED) is 0.152. The van der Waals surface area contributed by atoms with Crippen molar-refractivity contribution in [3.8, 4) is 5.75 Å². The van der Waals surface area contributed by atoms with E-state index in [1.165, 1.54) is 0 Å². The number of aromatic nitrogens is 2. The Balaban J connectivity index is 1.43. The molecule has 0 radical (unpaired) electrons. The molecule has 2 heterocycles. The number of aldehydes is 1. The third kappa shape index (κ3) is 10.7. The van der Waals surface area contributed by atoms with Crippen LogP contribution in [0.3, 0.4) is 0 Å². The van der Waals surface area contributed by atoms with Gasteiger partial charge in [-0.05, 0) is 51.6 Å². The van der Waals surface area contributed by atoms with Crippen LogP contribution >= 0.6 is 0 Å². The van der Waals surface area contributed by atoms with E-state index in [-0.39, 0.29) is 11.7 Å². The number of benzene rings is 1. The first-order valence-electron chi connectivity index (χ1n) is 13.6. The number of anilines is 3. The van der Waals surface area contributed by atoms with Gasteiger partial charge in [0.05, 0.1) is 19.3 Å². The van der Waals surface area contributed by atoms with Crippen LogP contribution < -0.4 is 20.7 Å². The number of hydrogen-bond acceptors (Lipinski definition) is 10. The maximum atomic E-state index is 11.6. The molecule has 0 unspecified atom stereocenters. The number of allylic oxidation sites excluding steroid dienone is 1. The fourth-order valence-corrected chi connectivity index (χ4v) is 4.00. The number of nitrogens with one attached hydrogen (secondary N) is 3. The van der Waals surface area contributed by atoms with Gasteiger partial charge in [0, 0.05) is 62.5 Å². The zero-order valence-corrected chi connectivity index (χ0v) is 24.0. The van der Waals surface area contributed by atoms with E-state index in [0.29, 0.717) is 31.1 Å². The van der Waals surface area contributed by atoms with Crippen LogP contribution in [0.1, 0.15) is 29.8 Å². The lowest BCUT2D eigenvalue weighted by Crippen LogP contribution is -2.28. The van der Waals surface area contributed by atoms with Crippen LogP contribution in [0.4, 0.5) is 17.3 Å². The van der Waals surface area contributed by atoms with Gasteiger partial charge in [-0.3, -0.25) is 4.79 Å². The summed E-state index contributed by atoms with van der Waals surface area (Å²) in [6, 6.07) is 7.85. The molecule has 1 saturated heterocycles. The van der Waals surface area contributed by atoms with Gasteiger partial charge in [0.15, 0.2) is 12.1 Å². The number of carbonyl (C=O) groups is 1. The second-order valence-electron chi connectivity index (χ2n) is 10.0. The number of ether oxygens (including phenoxy) is 2. The van der Waals surface area contributed by atoms with E-state index < -0.39 is 0 Å². The summed E-state index contributed by atoms with van der Waals surface area (Å²) in [6.45, 7) is 12.5. The molecule has 1 aromatic heterocycles. The van der Waals surface area contributed by atoms with E-state index in [9.17, 15) is 4.79 Å². The van der Waals surface area contributed by atoms with Crippen molar-refractivity contribution in [2.24, 2.45) is 0 Å². The van der Waals surface area contributed by atoms with Crippen molar-refractivity contribution in [2.45, 2.75) is 25.3 Å². The fourth-order valence-electron chi connectivity index (χ4n) is 4.00. The molecule has 3 rings (SSSR count). The molecule has 1 aromatic carbocycles. The highest BCUT2D eigenvalue weighted by atomic mass is 16.5. The van der Waals surface area contributed by atoms with E-state index in [1.807, 2.05) is 51.5 Å². The minimum atomic E-state index is 0.244. The lowest BCUT2D eigenvalue weighted by Gasteiger charge is -2.23. The molecule has 216 valence electrons. The zero-order valence-electron chi connectivity index (χ0n) is 24.0. The van der Waals surface area contributed by atoms with Gasteiger partial charge < -0.3 is 35.2 Å². The maximum absolute atomic E-state index is 11.6. The highest BCUT2D eigenvalue weighted by Gasteiger charge is 2.15. The highest BCUT2D eigenvalue weighted by Crippen LogP contribution is 2.23. The van der Waals surface area contributed by atoms with Gasteiger partial charge in [-0.1, -0.05) is 25.3 Å². The molecule has 2 aromatic rings.